The molecule has 0 radical (unpaired) electrons. The van der Waals surface area contributed by atoms with Crippen molar-refractivity contribution in [3.63, 3.8) is 0 Å². The molecule has 0 saturated carbocycles. The van der Waals surface area contributed by atoms with Gasteiger partial charge in [-0.25, -0.2) is 4.98 Å². The maximum atomic E-state index is 12.6. The van der Waals surface area contributed by atoms with Crippen molar-refractivity contribution in [1.29, 1.82) is 0 Å². The Labute approximate surface area is 151 Å². The highest BCUT2D eigenvalue weighted by atomic mass is 16.5. The fourth-order valence-corrected chi connectivity index (χ4v) is 2.58. The molecule has 1 N–H and O–H groups in total. The number of para-hydroxylation sites is 1. The van der Waals surface area contributed by atoms with Crippen LogP contribution in [-0.4, -0.2) is 24.6 Å². The molecule has 0 unspecified atom stereocenters. The number of hydrogen-bond acceptors (Lipinski definition) is 5. The predicted octanol–water partition coefficient (Wildman–Crippen LogP) is 3.68. The molecule has 2 aromatic carbocycles. The summed E-state index contributed by atoms with van der Waals surface area (Å²) in [6.45, 7) is 2.82. The quantitative estimate of drug-likeness (QED) is 0.702. The number of rotatable bonds is 7. The van der Waals surface area contributed by atoms with Crippen LogP contribution in [0.15, 0.2) is 59.3 Å². The molecule has 0 aliphatic heterocycles. The Morgan fingerprint density at radius 2 is 2.04 bits per heavy atom. The monoisotopic (exact) mass is 352 g/mol. The number of aromatic nitrogens is 1. The standard InChI is InChI=1S/C20H20N2O4/c1-3-25-17-10-5-4-7-15(17)12-21-20(23)18-19(26-13-22-18)14-8-6-9-16(11-14)24-2/h4-11,13H,3,12H2,1-2H3,(H,21,23). The summed E-state index contributed by atoms with van der Waals surface area (Å²) in [6.07, 6.45) is 1.26. The van der Waals surface area contributed by atoms with Crippen molar-refractivity contribution in [1.82, 2.24) is 10.3 Å². The van der Waals surface area contributed by atoms with Crippen molar-refractivity contribution in [2.75, 3.05) is 13.7 Å². The van der Waals surface area contributed by atoms with Crippen LogP contribution in [0.25, 0.3) is 11.3 Å². The van der Waals surface area contributed by atoms with Gasteiger partial charge in [0, 0.05) is 17.7 Å². The molecule has 0 saturated heterocycles. The van der Waals surface area contributed by atoms with Gasteiger partial charge < -0.3 is 19.2 Å². The van der Waals surface area contributed by atoms with Gasteiger partial charge in [-0.3, -0.25) is 4.79 Å². The van der Waals surface area contributed by atoms with Crippen molar-refractivity contribution in [2.45, 2.75) is 13.5 Å². The number of carbonyl (C=O) groups excluding carboxylic acids is 1. The summed E-state index contributed by atoms with van der Waals surface area (Å²) in [5.74, 6) is 1.52. The van der Waals surface area contributed by atoms with Crippen LogP contribution in [0.3, 0.4) is 0 Å². The number of nitrogens with zero attached hydrogens (tertiary/aromatic N) is 1. The average Bonchev–Trinajstić information content (AvgIpc) is 3.17. The molecular formula is C20H20N2O4. The average molecular weight is 352 g/mol. The van der Waals surface area contributed by atoms with Crippen LogP contribution in [0.2, 0.25) is 0 Å². The van der Waals surface area contributed by atoms with Crippen molar-refractivity contribution in [3.8, 4) is 22.8 Å². The zero-order chi connectivity index (χ0) is 18.4. The number of hydrogen-bond donors (Lipinski definition) is 1. The van der Waals surface area contributed by atoms with Gasteiger partial charge in [0.1, 0.15) is 11.5 Å². The topological polar surface area (TPSA) is 73.6 Å². The van der Waals surface area contributed by atoms with E-state index in [2.05, 4.69) is 10.3 Å². The van der Waals surface area contributed by atoms with Crippen LogP contribution in [0.1, 0.15) is 23.0 Å². The Bertz CT molecular complexity index is 889. The Kier molecular flexibility index (Phi) is 5.53. The molecule has 6 nitrogen and oxygen atoms in total. The Morgan fingerprint density at radius 1 is 1.19 bits per heavy atom. The maximum absolute atomic E-state index is 12.6. The molecule has 0 spiro atoms. The molecule has 3 rings (SSSR count). The van der Waals surface area contributed by atoms with Gasteiger partial charge in [-0.2, -0.15) is 0 Å². The lowest BCUT2D eigenvalue weighted by molar-refractivity contribution is 0.0946. The summed E-state index contributed by atoms with van der Waals surface area (Å²) in [7, 11) is 1.59. The van der Waals surface area contributed by atoms with E-state index in [1.165, 1.54) is 6.39 Å². The van der Waals surface area contributed by atoms with E-state index in [4.69, 9.17) is 13.9 Å². The number of amides is 1. The molecule has 0 aliphatic carbocycles. The summed E-state index contributed by atoms with van der Waals surface area (Å²) < 4.78 is 16.2. The number of carbonyl (C=O) groups is 1. The molecule has 3 aromatic rings. The highest BCUT2D eigenvalue weighted by molar-refractivity contribution is 5.97. The summed E-state index contributed by atoms with van der Waals surface area (Å²) >= 11 is 0. The molecule has 0 fully saturated rings. The van der Waals surface area contributed by atoms with Crippen molar-refractivity contribution >= 4 is 5.91 Å². The van der Waals surface area contributed by atoms with E-state index in [0.717, 1.165) is 16.9 Å². The molecule has 134 valence electrons. The van der Waals surface area contributed by atoms with Gasteiger partial charge in [-0.1, -0.05) is 30.3 Å². The molecule has 0 aliphatic rings. The molecule has 1 amide bonds. The third-order valence-corrected chi connectivity index (χ3v) is 3.83. The highest BCUT2D eigenvalue weighted by Crippen LogP contribution is 2.26. The van der Waals surface area contributed by atoms with Crippen LogP contribution in [-0.2, 0) is 6.54 Å². The molecule has 1 heterocycles. The zero-order valence-corrected chi connectivity index (χ0v) is 14.7. The predicted molar refractivity (Wildman–Crippen MR) is 97.3 cm³/mol. The number of nitrogens with one attached hydrogen (secondary N) is 1. The fraction of sp³-hybridized carbons (Fsp3) is 0.200. The van der Waals surface area contributed by atoms with Gasteiger partial charge in [0.05, 0.1) is 13.7 Å². The van der Waals surface area contributed by atoms with E-state index >= 15 is 0 Å². The van der Waals surface area contributed by atoms with E-state index in [9.17, 15) is 4.79 Å². The third kappa shape index (κ3) is 3.85. The number of methoxy groups -OCH3 is 1. The zero-order valence-electron chi connectivity index (χ0n) is 14.7. The Morgan fingerprint density at radius 3 is 2.85 bits per heavy atom. The first-order valence-electron chi connectivity index (χ1n) is 8.29. The van der Waals surface area contributed by atoms with Crippen molar-refractivity contribution in [2.24, 2.45) is 0 Å². The third-order valence-electron chi connectivity index (χ3n) is 3.83. The molecule has 6 heteroatoms. The number of ether oxygens (including phenoxy) is 2. The summed E-state index contributed by atoms with van der Waals surface area (Å²) in [5, 5.41) is 2.87. The molecule has 1 aromatic heterocycles. The highest BCUT2D eigenvalue weighted by Gasteiger charge is 2.19. The first-order valence-corrected chi connectivity index (χ1v) is 8.29. The van der Waals surface area contributed by atoms with Gasteiger partial charge >= 0.3 is 0 Å². The van der Waals surface area contributed by atoms with Crippen LogP contribution in [0.4, 0.5) is 0 Å². The summed E-state index contributed by atoms with van der Waals surface area (Å²) in [6, 6.07) is 14.9. The normalized spacial score (nSPS) is 10.4. The van der Waals surface area contributed by atoms with Crippen LogP contribution >= 0.6 is 0 Å². The molecule has 0 bridgehead atoms. The van der Waals surface area contributed by atoms with Crippen molar-refractivity contribution < 1.29 is 18.7 Å². The second-order valence-corrected chi connectivity index (χ2v) is 5.49. The second kappa shape index (κ2) is 8.20. The van der Waals surface area contributed by atoms with E-state index in [0.29, 0.717) is 24.7 Å². The second-order valence-electron chi connectivity index (χ2n) is 5.49. The number of benzene rings is 2. The summed E-state index contributed by atoms with van der Waals surface area (Å²) in [4.78, 5) is 16.7. The van der Waals surface area contributed by atoms with Gasteiger partial charge in [-0.05, 0) is 25.1 Å². The molecular weight excluding hydrogens is 332 g/mol. The molecule has 0 atom stereocenters. The minimum atomic E-state index is -0.317. The fourth-order valence-electron chi connectivity index (χ4n) is 2.58. The smallest absolute Gasteiger partial charge is 0.274 e. The van der Waals surface area contributed by atoms with Gasteiger partial charge in [0.25, 0.3) is 5.91 Å². The Hall–Kier alpha value is -3.28. The van der Waals surface area contributed by atoms with Gasteiger partial charge in [0.15, 0.2) is 17.8 Å². The Balaban J connectivity index is 1.77. The lowest BCUT2D eigenvalue weighted by Gasteiger charge is -2.10. The van der Waals surface area contributed by atoms with E-state index < -0.39 is 0 Å². The minimum absolute atomic E-state index is 0.229. The van der Waals surface area contributed by atoms with E-state index in [1.54, 1.807) is 13.2 Å². The largest absolute Gasteiger partial charge is 0.497 e. The van der Waals surface area contributed by atoms with E-state index in [1.807, 2.05) is 49.4 Å². The molecule has 26 heavy (non-hydrogen) atoms. The van der Waals surface area contributed by atoms with Gasteiger partial charge in [-0.15, -0.1) is 0 Å². The van der Waals surface area contributed by atoms with Gasteiger partial charge in [0.2, 0.25) is 0 Å². The summed E-state index contributed by atoms with van der Waals surface area (Å²) in [5.41, 5.74) is 1.85. The van der Waals surface area contributed by atoms with Crippen LogP contribution in [0.5, 0.6) is 11.5 Å². The SMILES string of the molecule is CCOc1ccccc1CNC(=O)c1ncoc1-c1cccc(OC)c1. The lowest BCUT2D eigenvalue weighted by Crippen LogP contribution is -2.24. The van der Waals surface area contributed by atoms with Crippen LogP contribution in [0, 0.1) is 0 Å². The van der Waals surface area contributed by atoms with Crippen molar-refractivity contribution in [3.05, 3.63) is 66.2 Å². The first-order chi connectivity index (χ1) is 12.7. The minimum Gasteiger partial charge on any atom is -0.497 e. The van der Waals surface area contributed by atoms with E-state index in [-0.39, 0.29) is 11.6 Å². The lowest BCUT2D eigenvalue weighted by atomic mass is 10.1. The first kappa shape index (κ1) is 17.5. The number of oxazole rings is 1. The maximum Gasteiger partial charge on any atom is 0.274 e. The van der Waals surface area contributed by atoms with Crippen LogP contribution < -0.4 is 14.8 Å².